The standard InChI is InChI=1S/C19H29NO2/c1-3-5-6-7-13(4-2)10-11-20-18(21)16-14-8-9-15(12-14)17(16)19(20)22/h8-9,13-17H,3-7,10-12H2,1-2H3. The van der Waals surface area contributed by atoms with Gasteiger partial charge in [0.1, 0.15) is 0 Å². The quantitative estimate of drug-likeness (QED) is 0.389. The molecule has 5 atom stereocenters. The van der Waals surface area contributed by atoms with Crippen LogP contribution in [0.5, 0.6) is 0 Å². The third-order valence-corrected chi connectivity index (χ3v) is 6.12. The third-order valence-electron chi connectivity index (χ3n) is 6.12. The molecule has 2 aliphatic carbocycles. The number of amides is 2. The van der Waals surface area contributed by atoms with Gasteiger partial charge in [-0.1, -0.05) is 58.1 Å². The zero-order chi connectivity index (χ0) is 15.7. The lowest BCUT2D eigenvalue weighted by atomic mass is 9.85. The minimum absolute atomic E-state index is 0.0253. The van der Waals surface area contributed by atoms with Crippen LogP contribution in [0.4, 0.5) is 0 Å². The Kier molecular flexibility index (Phi) is 4.70. The van der Waals surface area contributed by atoms with Crippen LogP contribution in [0.15, 0.2) is 12.2 Å². The Morgan fingerprint density at radius 2 is 1.68 bits per heavy atom. The molecule has 3 aliphatic rings. The number of rotatable bonds is 8. The van der Waals surface area contributed by atoms with Crippen LogP contribution in [-0.4, -0.2) is 23.3 Å². The van der Waals surface area contributed by atoms with Gasteiger partial charge in [0.2, 0.25) is 11.8 Å². The monoisotopic (exact) mass is 303 g/mol. The summed E-state index contributed by atoms with van der Waals surface area (Å²) < 4.78 is 0. The molecule has 0 N–H and O–H groups in total. The van der Waals surface area contributed by atoms with Gasteiger partial charge in [-0.05, 0) is 30.6 Å². The highest BCUT2D eigenvalue weighted by molar-refractivity contribution is 6.06. The number of carbonyl (C=O) groups is 2. The Labute approximate surface area is 134 Å². The Morgan fingerprint density at radius 3 is 2.23 bits per heavy atom. The van der Waals surface area contributed by atoms with Crippen LogP contribution >= 0.6 is 0 Å². The van der Waals surface area contributed by atoms with E-state index in [1.54, 1.807) is 4.90 Å². The van der Waals surface area contributed by atoms with E-state index in [-0.39, 0.29) is 23.7 Å². The molecule has 0 aromatic heterocycles. The van der Waals surface area contributed by atoms with Crippen molar-refractivity contribution in [1.82, 2.24) is 4.90 Å². The zero-order valence-corrected chi connectivity index (χ0v) is 14.0. The molecule has 1 heterocycles. The molecule has 122 valence electrons. The van der Waals surface area contributed by atoms with Gasteiger partial charge >= 0.3 is 0 Å². The van der Waals surface area contributed by atoms with E-state index in [4.69, 9.17) is 0 Å². The van der Waals surface area contributed by atoms with Crippen molar-refractivity contribution in [2.24, 2.45) is 29.6 Å². The minimum atomic E-state index is -0.0253. The molecule has 1 saturated heterocycles. The van der Waals surface area contributed by atoms with Crippen LogP contribution in [-0.2, 0) is 9.59 Å². The second-order valence-electron chi connectivity index (χ2n) is 7.39. The first-order valence-electron chi connectivity index (χ1n) is 9.20. The molecule has 3 heteroatoms. The van der Waals surface area contributed by atoms with Crippen molar-refractivity contribution in [1.29, 1.82) is 0 Å². The molecule has 0 aromatic carbocycles. The fraction of sp³-hybridized carbons (Fsp3) is 0.789. The van der Waals surface area contributed by atoms with Crippen LogP contribution in [0, 0.1) is 29.6 Å². The molecule has 2 fully saturated rings. The summed E-state index contributed by atoms with van der Waals surface area (Å²) in [5, 5.41) is 0. The zero-order valence-electron chi connectivity index (χ0n) is 14.0. The molecule has 1 aliphatic heterocycles. The highest BCUT2D eigenvalue weighted by Gasteiger charge is 2.58. The largest absolute Gasteiger partial charge is 0.282 e. The van der Waals surface area contributed by atoms with E-state index >= 15 is 0 Å². The number of imide groups is 1. The van der Waals surface area contributed by atoms with Gasteiger partial charge in [0.25, 0.3) is 0 Å². The lowest BCUT2D eigenvalue weighted by molar-refractivity contribution is -0.140. The Morgan fingerprint density at radius 1 is 1.05 bits per heavy atom. The number of fused-ring (bicyclic) bond motifs is 5. The third kappa shape index (κ3) is 2.63. The van der Waals surface area contributed by atoms with Crippen LogP contribution in [0.2, 0.25) is 0 Å². The molecule has 22 heavy (non-hydrogen) atoms. The summed E-state index contributed by atoms with van der Waals surface area (Å²) in [5.41, 5.74) is 0. The summed E-state index contributed by atoms with van der Waals surface area (Å²) in [4.78, 5) is 26.8. The number of hydrogen-bond acceptors (Lipinski definition) is 2. The SMILES string of the molecule is CCCCCC(CC)CCN1C(=O)C2C3C=CC(C3)C2C1=O. The number of nitrogens with zero attached hydrogens (tertiary/aromatic N) is 1. The molecule has 2 amide bonds. The number of allylic oxidation sites excluding steroid dienone is 2. The molecule has 0 radical (unpaired) electrons. The van der Waals surface area contributed by atoms with E-state index in [1.165, 1.54) is 25.7 Å². The van der Waals surface area contributed by atoms with E-state index < -0.39 is 0 Å². The molecular weight excluding hydrogens is 274 g/mol. The summed E-state index contributed by atoms with van der Waals surface area (Å²) in [6, 6.07) is 0. The summed E-state index contributed by atoms with van der Waals surface area (Å²) in [7, 11) is 0. The van der Waals surface area contributed by atoms with Crippen molar-refractivity contribution in [3.8, 4) is 0 Å². The predicted octanol–water partition coefficient (Wildman–Crippen LogP) is 3.79. The van der Waals surface area contributed by atoms with Crippen molar-refractivity contribution >= 4 is 11.8 Å². The van der Waals surface area contributed by atoms with Gasteiger partial charge < -0.3 is 0 Å². The van der Waals surface area contributed by atoms with E-state index in [9.17, 15) is 9.59 Å². The van der Waals surface area contributed by atoms with Gasteiger partial charge in [-0.15, -0.1) is 0 Å². The summed E-state index contributed by atoms with van der Waals surface area (Å²) in [6.07, 6.45) is 12.5. The van der Waals surface area contributed by atoms with Crippen molar-refractivity contribution in [2.75, 3.05) is 6.54 Å². The number of unbranched alkanes of at least 4 members (excludes halogenated alkanes) is 2. The first kappa shape index (κ1) is 15.8. The maximum absolute atomic E-state index is 12.6. The average molecular weight is 303 g/mol. The maximum Gasteiger partial charge on any atom is 0.233 e. The minimum Gasteiger partial charge on any atom is -0.282 e. The predicted molar refractivity (Wildman–Crippen MR) is 87.0 cm³/mol. The lowest BCUT2D eigenvalue weighted by Crippen LogP contribution is -2.34. The number of hydrogen-bond donors (Lipinski definition) is 0. The molecule has 5 unspecified atom stereocenters. The van der Waals surface area contributed by atoms with E-state index in [1.807, 2.05) is 0 Å². The van der Waals surface area contributed by atoms with Crippen LogP contribution < -0.4 is 0 Å². The molecule has 2 bridgehead atoms. The van der Waals surface area contributed by atoms with E-state index in [0.717, 1.165) is 19.3 Å². The first-order valence-corrected chi connectivity index (χ1v) is 9.20. The fourth-order valence-electron chi connectivity index (χ4n) is 4.73. The summed E-state index contributed by atoms with van der Waals surface area (Å²) in [5.74, 6) is 1.52. The highest BCUT2D eigenvalue weighted by Crippen LogP contribution is 2.52. The first-order chi connectivity index (χ1) is 10.7. The fourth-order valence-corrected chi connectivity index (χ4v) is 4.73. The van der Waals surface area contributed by atoms with Gasteiger partial charge in [0.15, 0.2) is 0 Å². The Bertz CT molecular complexity index is 440. The number of carbonyl (C=O) groups excluding carboxylic acids is 2. The van der Waals surface area contributed by atoms with Crippen molar-refractivity contribution < 1.29 is 9.59 Å². The normalized spacial score (nSPS) is 33.8. The van der Waals surface area contributed by atoms with Crippen LogP contribution in [0.1, 0.15) is 58.8 Å². The van der Waals surface area contributed by atoms with Crippen molar-refractivity contribution in [2.45, 2.75) is 58.8 Å². The van der Waals surface area contributed by atoms with Gasteiger partial charge in [-0.2, -0.15) is 0 Å². The van der Waals surface area contributed by atoms with Crippen molar-refractivity contribution in [3.05, 3.63) is 12.2 Å². The number of likely N-dealkylation sites (tertiary alicyclic amines) is 1. The van der Waals surface area contributed by atoms with Crippen LogP contribution in [0.3, 0.4) is 0 Å². The average Bonchev–Trinajstić information content (AvgIpc) is 3.19. The molecule has 0 aromatic rings. The molecule has 1 saturated carbocycles. The van der Waals surface area contributed by atoms with E-state index in [0.29, 0.717) is 24.3 Å². The Hall–Kier alpha value is -1.12. The van der Waals surface area contributed by atoms with Gasteiger partial charge in [0, 0.05) is 6.54 Å². The van der Waals surface area contributed by atoms with Gasteiger partial charge in [-0.25, -0.2) is 0 Å². The summed E-state index contributed by atoms with van der Waals surface area (Å²) in [6.45, 7) is 5.10. The molecule has 3 rings (SSSR count). The smallest absolute Gasteiger partial charge is 0.233 e. The van der Waals surface area contributed by atoms with E-state index in [2.05, 4.69) is 26.0 Å². The molecule has 3 nitrogen and oxygen atoms in total. The lowest BCUT2D eigenvalue weighted by Gasteiger charge is -2.21. The summed E-state index contributed by atoms with van der Waals surface area (Å²) >= 11 is 0. The van der Waals surface area contributed by atoms with Gasteiger partial charge in [-0.3, -0.25) is 14.5 Å². The van der Waals surface area contributed by atoms with Crippen LogP contribution in [0.25, 0.3) is 0 Å². The highest BCUT2D eigenvalue weighted by atomic mass is 16.2. The second kappa shape index (κ2) is 6.55. The molecular formula is C19H29NO2. The molecule has 0 spiro atoms. The van der Waals surface area contributed by atoms with Gasteiger partial charge in [0.05, 0.1) is 11.8 Å². The van der Waals surface area contributed by atoms with Crippen molar-refractivity contribution in [3.63, 3.8) is 0 Å². The maximum atomic E-state index is 12.6. The topological polar surface area (TPSA) is 37.4 Å². The second-order valence-corrected chi connectivity index (χ2v) is 7.39. The Balaban J connectivity index is 1.55.